The fraction of sp³-hybridized carbons (Fsp3) is 0.409. The van der Waals surface area contributed by atoms with Gasteiger partial charge in [-0.25, -0.2) is 0 Å². The van der Waals surface area contributed by atoms with Gasteiger partial charge in [-0.3, -0.25) is 14.4 Å². The number of nitrogens with zero attached hydrogens (tertiary/aromatic N) is 2. The summed E-state index contributed by atoms with van der Waals surface area (Å²) in [5.41, 5.74) is 0.768. The second kappa shape index (κ2) is 9.15. The van der Waals surface area contributed by atoms with Crippen molar-refractivity contribution in [2.24, 2.45) is 11.3 Å². The number of thioether (sulfide) groups is 1. The van der Waals surface area contributed by atoms with Crippen LogP contribution in [0.25, 0.3) is 0 Å². The molecule has 1 aromatic carbocycles. The maximum atomic E-state index is 12.6. The van der Waals surface area contributed by atoms with Crippen molar-refractivity contribution in [1.82, 2.24) is 5.32 Å². The number of rotatable bonds is 5. The van der Waals surface area contributed by atoms with Gasteiger partial charge in [0.1, 0.15) is 5.92 Å². The first-order valence-corrected chi connectivity index (χ1v) is 10.8. The van der Waals surface area contributed by atoms with E-state index >= 15 is 0 Å². The average Bonchev–Trinajstić information content (AvgIpc) is 2.73. The first kappa shape index (κ1) is 21.6. The summed E-state index contributed by atoms with van der Waals surface area (Å²) in [4.78, 5) is 36.3. The molecule has 2 aliphatic rings. The fourth-order valence-electron chi connectivity index (χ4n) is 4.16. The van der Waals surface area contributed by atoms with E-state index in [9.17, 15) is 24.9 Å². The highest BCUT2D eigenvalue weighted by atomic mass is 32.2. The number of carbonyl (C=O) groups is 3. The second-order valence-electron chi connectivity index (χ2n) is 7.55. The van der Waals surface area contributed by atoms with Crippen LogP contribution in [0.1, 0.15) is 49.4 Å². The molecule has 1 aliphatic heterocycles. The molecule has 2 N–H and O–H groups in total. The summed E-state index contributed by atoms with van der Waals surface area (Å²) in [6.07, 6.45) is 4.00. The molecule has 1 spiro atoms. The summed E-state index contributed by atoms with van der Waals surface area (Å²) in [5, 5.41) is 25.2. The van der Waals surface area contributed by atoms with Gasteiger partial charge in [-0.2, -0.15) is 10.5 Å². The lowest BCUT2D eigenvalue weighted by molar-refractivity contribution is -0.126. The quantitative estimate of drug-likeness (QED) is 0.700. The highest BCUT2D eigenvalue weighted by molar-refractivity contribution is 8.03. The SMILES string of the molecule is CC(=O)c1ccc(NC(=O)CSC2=C(C#N)C3(CCCCC3)[C@H](C#N)C(=O)N2)cc1. The second-order valence-corrected chi connectivity index (χ2v) is 8.54. The van der Waals surface area contributed by atoms with Crippen LogP contribution in [0.4, 0.5) is 5.69 Å². The maximum Gasteiger partial charge on any atom is 0.243 e. The Balaban J connectivity index is 1.75. The summed E-state index contributed by atoms with van der Waals surface area (Å²) in [7, 11) is 0. The Labute approximate surface area is 179 Å². The fourth-order valence-corrected chi connectivity index (χ4v) is 5.08. The molecule has 30 heavy (non-hydrogen) atoms. The number of Topliss-reactive ketones (excluding diaryl/α,β-unsaturated/α-hetero) is 1. The molecule has 3 rings (SSSR count). The number of hydrogen-bond donors (Lipinski definition) is 2. The molecule has 1 aromatic rings. The lowest BCUT2D eigenvalue weighted by Gasteiger charge is -2.43. The Morgan fingerprint density at radius 2 is 1.87 bits per heavy atom. The van der Waals surface area contributed by atoms with Crippen molar-refractivity contribution < 1.29 is 14.4 Å². The third-order valence-electron chi connectivity index (χ3n) is 5.69. The normalized spacial score (nSPS) is 20.1. The highest BCUT2D eigenvalue weighted by Gasteiger charge is 2.51. The molecule has 1 atom stereocenters. The van der Waals surface area contributed by atoms with Gasteiger partial charge in [0.25, 0.3) is 0 Å². The average molecular weight is 423 g/mol. The van der Waals surface area contributed by atoms with E-state index in [-0.39, 0.29) is 17.4 Å². The molecule has 154 valence electrons. The topological polar surface area (TPSA) is 123 Å². The van der Waals surface area contributed by atoms with Gasteiger partial charge < -0.3 is 10.6 Å². The first-order valence-electron chi connectivity index (χ1n) is 9.80. The van der Waals surface area contributed by atoms with Gasteiger partial charge in [-0.05, 0) is 44.0 Å². The zero-order valence-electron chi connectivity index (χ0n) is 16.7. The van der Waals surface area contributed by atoms with E-state index < -0.39 is 17.2 Å². The van der Waals surface area contributed by atoms with E-state index in [0.29, 0.717) is 34.7 Å². The van der Waals surface area contributed by atoms with E-state index in [4.69, 9.17) is 0 Å². The number of nitriles is 2. The molecule has 0 saturated heterocycles. The van der Waals surface area contributed by atoms with Gasteiger partial charge >= 0.3 is 0 Å². The molecule has 1 saturated carbocycles. The van der Waals surface area contributed by atoms with Crippen LogP contribution in [-0.4, -0.2) is 23.4 Å². The van der Waals surface area contributed by atoms with Crippen molar-refractivity contribution in [3.05, 3.63) is 40.4 Å². The smallest absolute Gasteiger partial charge is 0.243 e. The number of allylic oxidation sites excluding steroid dienone is 1. The van der Waals surface area contributed by atoms with E-state index in [0.717, 1.165) is 31.0 Å². The lowest BCUT2D eigenvalue weighted by Crippen LogP contribution is -2.48. The Morgan fingerprint density at radius 1 is 1.20 bits per heavy atom. The van der Waals surface area contributed by atoms with Crippen molar-refractivity contribution in [3.8, 4) is 12.1 Å². The summed E-state index contributed by atoms with van der Waals surface area (Å²) in [5.74, 6) is -1.64. The van der Waals surface area contributed by atoms with Crippen LogP contribution in [0.2, 0.25) is 0 Å². The molecule has 7 nitrogen and oxygen atoms in total. The predicted octanol–water partition coefficient (Wildman–Crippen LogP) is 3.52. The third kappa shape index (κ3) is 4.24. The molecular weight excluding hydrogens is 400 g/mol. The molecule has 0 radical (unpaired) electrons. The number of nitrogens with one attached hydrogen (secondary N) is 2. The Kier molecular flexibility index (Phi) is 6.59. The zero-order chi connectivity index (χ0) is 21.7. The van der Waals surface area contributed by atoms with E-state index in [1.807, 2.05) is 0 Å². The van der Waals surface area contributed by atoms with Crippen molar-refractivity contribution in [2.45, 2.75) is 39.0 Å². The highest BCUT2D eigenvalue weighted by Crippen LogP contribution is 2.51. The van der Waals surface area contributed by atoms with Gasteiger partial charge in [0, 0.05) is 16.7 Å². The molecule has 8 heteroatoms. The number of amides is 2. The summed E-state index contributed by atoms with van der Waals surface area (Å²) >= 11 is 1.10. The molecule has 1 fully saturated rings. The minimum atomic E-state index is -0.884. The van der Waals surface area contributed by atoms with Gasteiger partial charge in [0.2, 0.25) is 11.8 Å². The van der Waals surface area contributed by atoms with Crippen LogP contribution in [-0.2, 0) is 9.59 Å². The number of ketones is 1. The predicted molar refractivity (Wildman–Crippen MR) is 113 cm³/mol. The largest absolute Gasteiger partial charge is 0.325 e. The standard InChI is InChI=1S/C22H22N4O3S/c1-14(27)15-5-7-16(8-6-15)25-19(28)13-30-21-18(12-24)22(9-3-2-4-10-22)17(11-23)20(29)26-21/h5-8,17H,2-4,9-10,13H2,1H3,(H,25,28)(H,26,29)/t17-/m1/s1. The number of carbonyl (C=O) groups excluding carboxylic acids is 3. The monoisotopic (exact) mass is 422 g/mol. The Morgan fingerprint density at radius 3 is 2.43 bits per heavy atom. The van der Waals surface area contributed by atoms with Crippen LogP contribution in [0.15, 0.2) is 34.9 Å². The first-order chi connectivity index (χ1) is 14.4. The van der Waals surface area contributed by atoms with Crippen LogP contribution >= 0.6 is 11.8 Å². The minimum Gasteiger partial charge on any atom is -0.325 e. The number of anilines is 1. The van der Waals surface area contributed by atoms with Gasteiger partial charge in [-0.15, -0.1) is 0 Å². The Bertz CT molecular complexity index is 979. The third-order valence-corrected chi connectivity index (χ3v) is 6.69. The van der Waals surface area contributed by atoms with Crippen LogP contribution in [0.3, 0.4) is 0 Å². The van der Waals surface area contributed by atoms with Gasteiger partial charge in [0.05, 0.1) is 28.5 Å². The molecular formula is C22H22N4O3S. The zero-order valence-corrected chi connectivity index (χ0v) is 17.5. The van der Waals surface area contributed by atoms with Crippen molar-refractivity contribution in [3.63, 3.8) is 0 Å². The van der Waals surface area contributed by atoms with Crippen molar-refractivity contribution in [1.29, 1.82) is 10.5 Å². The lowest BCUT2D eigenvalue weighted by atomic mass is 9.61. The van der Waals surface area contributed by atoms with Crippen LogP contribution < -0.4 is 10.6 Å². The molecule has 1 heterocycles. The molecule has 0 bridgehead atoms. The molecule has 2 amide bonds. The van der Waals surface area contributed by atoms with Crippen LogP contribution in [0.5, 0.6) is 0 Å². The summed E-state index contributed by atoms with van der Waals surface area (Å²) in [6, 6.07) is 10.9. The Hall–Kier alpha value is -3.10. The van der Waals surface area contributed by atoms with Gasteiger partial charge in [-0.1, -0.05) is 31.0 Å². The number of hydrogen-bond acceptors (Lipinski definition) is 6. The van der Waals surface area contributed by atoms with E-state index in [1.54, 1.807) is 24.3 Å². The van der Waals surface area contributed by atoms with E-state index in [1.165, 1.54) is 6.92 Å². The molecule has 0 unspecified atom stereocenters. The number of benzene rings is 1. The molecule has 0 aromatic heterocycles. The summed E-state index contributed by atoms with van der Waals surface area (Å²) in [6.45, 7) is 1.47. The van der Waals surface area contributed by atoms with Gasteiger partial charge in [0.15, 0.2) is 5.78 Å². The van der Waals surface area contributed by atoms with Crippen molar-refractivity contribution in [2.75, 3.05) is 11.1 Å². The van der Waals surface area contributed by atoms with Crippen molar-refractivity contribution >= 4 is 35.0 Å². The molecule has 1 aliphatic carbocycles. The van der Waals surface area contributed by atoms with E-state index in [2.05, 4.69) is 22.8 Å². The van der Waals surface area contributed by atoms with Crippen LogP contribution in [0, 0.1) is 34.0 Å². The maximum absolute atomic E-state index is 12.6. The summed E-state index contributed by atoms with van der Waals surface area (Å²) < 4.78 is 0. The minimum absolute atomic E-state index is 0.00253.